The van der Waals surface area contributed by atoms with Crippen molar-refractivity contribution in [2.45, 2.75) is 25.2 Å². The number of ether oxygens (including phenoxy) is 3. The first kappa shape index (κ1) is 21.2. The number of nitrogen functional groups attached to an aromatic ring is 2. The molecule has 1 atom stereocenters. The molecule has 164 valence electrons. The number of pyridine rings is 1. The highest BCUT2D eigenvalue weighted by atomic mass is 16.7. The first-order valence-electron chi connectivity index (χ1n) is 10.1. The second-order valence-electron chi connectivity index (χ2n) is 7.14. The minimum atomic E-state index is -0.629. The molecule has 32 heavy (non-hydrogen) atoms. The molecule has 2 aliphatic heterocycles. The van der Waals surface area contributed by atoms with Crippen molar-refractivity contribution in [3.63, 3.8) is 0 Å². The molecule has 1 saturated heterocycles. The van der Waals surface area contributed by atoms with Crippen LogP contribution in [0.25, 0.3) is 0 Å². The molecular weight excluding hydrogens is 412 g/mol. The van der Waals surface area contributed by atoms with Crippen LogP contribution in [-0.2, 0) is 9.47 Å². The van der Waals surface area contributed by atoms with Crippen LogP contribution in [0.15, 0.2) is 29.3 Å². The first-order chi connectivity index (χ1) is 15.6. The van der Waals surface area contributed by atoms with E-state index < -0.39 is 6.04 Å². The van der Waals surface area contributed by atoms with Gasteiger partial charge in [0, 0.05) is 12.0 Å². The fourth-order valence-corrected chi connectivity index (χ4v) is 3.57. The van der Waals surface area contributed by atoms with Crippen LogP contribution in [0.4, 0.5) is 17.3 Å². The summed E-state index contributed by atoms with van der Waals surface area (Å²) >= 11 is 0. The predicted octanol–water partition coefficient (Wildman–Crippen LogP) is 1.59. The Kier molecular flexibility index (Phi) is 6.22. The number of aromatic nitrogens is 1. The van der Waals surface area contributed by atoms with Gasteiger partial charge in [0.05, 0.1) is 25.5 Å². The van der Waals surface area contributed by atoms with Crippen molar-refractivity contribution in [2.24, 2.45) is 4.99 Å². The van der Waals surface area contributed by atoms with Gasteiger partial charge in [0.1, 0.15) is 35.1 Å². The minimum absolute atomic E-state index is 0.00237. The molecule has 0 saturated carbocycles. The van der Waals surface area contributed by atoms with Gasteiger partial charge in [0.25, 0.3) is 0 Å². The number of guanidine groups is 1. The number of benzene rings is 1. The molecule has 11 heteroatoms. The Hall–Kier alpha value is -4.06. The topological polar surface area (TPSA) is 177 Å². The lowest BCUT2D eigenvalue weighted by molar-refractivity contribution is -0.183. The van der Waals surface area contributed by atoms with Crippen molar-refractivity contribution in [2.75, 3.05) is 36.6 Å². The number of hydrogen-bond donors (Lipinski definition) is 4. The molecule has 4 rings (SSSR count). The molecule has 3 heterocycles. The van der Waals surface area contributed by atoms with Crippen LogP contribution in [0, 0.1) is 22.8 Å². The highest BCUT2D eigenvalue weighted by molar-refractivity contribution is 5.98. The highest BCUT2D eigenvalue weighted by Crippen LogP contribution is 2.41. The highest BCUT2D eigenvalue weighted by Gasteiger charge is 2.29. The lowest BCUT2D eigenvalue weighted by Gasteiger charge is -2.26. The van der Waals surface area contributed by atoms with Crippen molar-refractivity contribution < 1.29 is 14.2 Å². The predicted molar refractivity (Wildman–Crippen MR) is 116 cm³/mol. The van der Waals surface area contributed by atoms with Gasteiger partial charge in [-0.1, -0.05) is 12.1 Å². The SMILES string of the molecule is N#CNC1=NC(c2cccc(OCCC3OCCCO3)c2)c2c(nc(N)c(C#N)c2N)N1. The molecule has 0 bridgehead atoms. The Morgan fingerprint density at radius 3 is 2.81 bits per heavy atom. The number of nitrogens with two attached hydrogens (primary N) is 2. The molecular formula is C21H22N8O3. The maximum atomic E-state index is 9.44. The summed E-state index contributed by atoms with van der Waals surface area (Å²) < 4.78 is 17.0. The van der Waals surface area contributed by atoms with Gasteiger partial charge >= 0.3 is 0 Å². The minimum Gasteiger partial charge on any atom is -0.493 e. The average molecular weight is 434 g/mol. The van der Waals surface area contributed by atoms with E-state index in [1.54, 1.807) is 0 Å². The van der Waals surface area contributed by atoms with E-state index in [0.29, 0.717) is 43.4 Å². The monoisotopic (exact) mass is 434 g/mol. The Morgan fingerprint density at radius 1 is 1.25 bits per heavy atom. The van der Waals surface area contributed by atoms with Gasteiger partial charge in [-0.05, 0) is 24.1 Å². The summed E-state index contributed by atoms with van der Waals surface area (Å²) in [6.07, 6.45) is 3.08. The zero-order valence-electron chi connectivity index (χ0n) is 17.2. The van der Waals surface area contributed by atoms with E-state index in [2.05, 4.69) is 20.6 Å². The number of nitrogens with one attached hydrogen (secondary N) is 2. The molecule has 1 aromatic carbocycles. The van der Waals surface area contributed by atoms with Gasteiger partial charge in [-0.2, -0.15) is 10.5 Å². The summed E-state index contributed by atoms with van der Waals surface area (Å²) in [5, 5.41) is 23.8. The third-order valence-electron chi connectivity index (χ3n) is 5.05. The number of fused-ring (bicyclic) bond motifs is 1. The number of nitrogens with zero attached hydrogens (tertiary/aromatic N) is 4. The van der Waals surface area contributed by atoms with E-state index in [1.165, 1.54) is 0 Å². The normalized spacial score (nSPS) is 17.8. The fourth-order valence-electron chi connectivity index (χ4n) is 3.57. The van der Waals surface area contributed by atoms with Gasteiger partial charge in [-0.25, -0.2) is 9.98 Å². The van der Waals surface area contributed by atoms with Crippen LogP contribution in [0.3, 0.4) is 0 Å². The molecule has 2 aliphatic rings. The van der Waals surface area contributed by atoms with Gasteiger partial charge in [-0.15, -0.1) is 0 Å². The van der Waals surface area contributed by atoms with Crippen molar-refractivity contribution in [3.05, 3.63) is 41.0 Å². The Bertz CT molecular complexity index is 1120. The quantitative estimate of drug-likeness (QED) is 0.399. The standard InChI is InChI=1S/C21H22N8O3/c22-10-14-17(24)16-18(27-21(26-11-23)29-20(16)28-19(14)25)12-3-1-4-13(9-12)30-8-5-15-31-6-2-7-32-15/h1,3-4,9,15,18H,2,5-8H2,(H6,24,25,26,27,28,29). The molecule has 2 aromatic rings. The molecule has 0 spiro atoms. The molecule has 11 nitrogen and oxygen atoms in total. The smallest absolute Gasteiger partial charge is 0.211 e. The van der Waals surface area contributed by atoms with Crippen molar-refractivity contribution >= 4 is 23.3 Å². The zero-order valence-corrected chi connectivity index (χ0v) is 17.2. The molecule has 0 radical (unpaired) electrons. The first-order valence-corrected chi connectivity index (χ1v) is 10.1. The summed E-state index contributed by atoms with van der Waals surface area (Å²) in [6, 6.07) is 8.71. The summed E-state index contributed by atoms with van der Waals surface area (Å²) in [7, 11) is 0. The molecule has 0 aliphatic carbocycles. The van der Waals surface area contributed by atoms with Crippen molar-refractivity contribution in [1.29, 1.82) is 10.5 Å². The van der Waals surface area contributed by atoms with Crippen LogP contribution in [0.5, 0.6) is 5.75 Å². The van der Waals surface area contributed by atoms with Crippen LogP contribution in [0.2, 0.25) is 0 Å². The van der Waals surface area contributed by atoms with Crippen LogP contribution >= 0.6 is 0 Å². The second-order valence-corrected chi connectivity index (χ2v) is 7.14. The van der Waals surface area contributed by atoms with Crippen molar-refractivity contribution in [3.8, 4) is 18.0 Å². The maximum Gasteiger partial charge on any atom is 0.211 e. The van der Waals surface area contributed by atoms with E-state index in [0.717, 1.165) is 12.0 Å². The molecule has 1 unspecified atom stereocenters. The lowest BCUT2D eigenvalue weighted by Crippen LogP contribution is -2.32. The third-order valence-corrected chi connectivity index (χ3v) is 5.05. The summed E-state index contributed by atoms with van der Waals surface area (Å²) in [5.41, 5.74) is 13.7. The third kappa shape index (κ3) is 4.34. The zero-order chi connectivity index (χ0) is 22.5. The van der Waals surface area contributed by atoms with E-state index in [4.69, 9.17) is 30.9 Å². The summed E-state index contributed by atoms with van der Waals surface area (Å²) in [6.45, 7) is 1.80. The van der Waals surface area contributed by atoms with Gasteiger partial charge < -0.3 is 31.0 Å². The second kappa shape index (κ2) is 9.39. The van der Waals surface area contributed by atoms with Crippen molar-refractivity contribution in [1.82, 2.24) is 10.3 Å². The molecule has 6 N–H and O–H groups in total. The number of rotatable bonds is 5. The fraction of sp³-hybridized carbons (Fsp3) is 0.333. The molecule has 1 fully saturated rings. The Labute approximate surface area is 184 Å². The number of nitriles is 2. The number of aliphatic imine (C=N–C) groups is 1. The van der Waals surface area contributed by atoms with E-state index >= 15 is 0 Å². The Balaban J connectivity index is 1.61. The summed E-state index contributed by atoms with van der Waals surface area (Å²) in [5.74, 6) is 1.15. The Morgan fingerprint density at radius 2 is 2.06 bits per heavy atom. The number of anilines is 3. The van der Waals surface area contributed by atoms with Crippen LogP contribution in [0.1, 0.15) is 35.6 Å². The summed E-state index contributed by atoms with van der Waals surface area (Å²) in [4.78, 5) is 8.80. The lowest BCUT2D eigenvalue weighted by atomic mass is 9.95. The van der Waals surface area contributed by atoms with Gasteiger partial charge in [0.2, 0.25) is 5.96 Å². The van der Waals surface area contributed by atoms with E-state index in [1.807, 2.05) is 36.5 Å². The van der Waals surface area contributed by atoms with E-state index in [-0.39, 0.29) is 29.3 Å². The van der Waals surface area contributed by atoms with Crippen LogP contribution < -0.4 is 26.8 Å². The van der Waals surface area contributed by atoms with Crippen LogP contribution in [-0.4, -0.2) is 37.1 Å². The van der Waals surface area contributed by atoms with Gasteiger partial charge in [-0.3, -0.25) is 5.32 Å². The maximum absolute atomic E-state index is 9.44. The number of hydrogen-bond acceptors (Lipinski definition) is 11. The van der Waals surface area contributed by atoms with Gasteiger partial charge in [0.15, 0.2) is 12.5 Å². The molecule has 0 amide bonds. The average Bonchev–Trinajstić information content (AvgIpc) is 2.80. The van der Waals surface area contributed by atoms with E-state index in [9.17, 15) is 5.26 Å². The molecule has 1 aromatic heterocycles. The largest absolute Gasteiger partial charge is 0.493 e.